The Kier molecular flexibility index (Phi) is 4.86. The highest BCUT2D eigenvalue weighted by molar-refractivity contribution is 6.30. The third-order valence-corrected chi connectivity index (χ3v) is 5.68. The minimum atomic E-state index is -0.617. The van der Waals surface area contributed by atoms with E-state index in [2.05, 4.69) is 16.3 Å². The van der Waals surface area contributed by atoms with E-state index in [1.54, 1.807) is 4.68 Å². The maximum atomic E-state index is 11.9. The second-order valence-corrected chi connectivity index (χ2v) is 8.15. The van der Waals surface area contributed by atoms with Gasteiger partial charge in [-0.15, -0.1) is 0 Å². The van der Waals surface area contributed by atoms with Gasteiger partial charge in [-0.3, -0.25) is 14.5 Å². The fourth-order valence-electron chi connectivity index (χ4n) is 3.97. The zero-order chi connectivity index (χ0) is 22.4. The van der Waals surface area contributed by atoms with Crippen LogP contribution in [0.2, 0.25) is 5.02 Å². The van der Waals surface area contributed by atoms with Crippen LogP contribution in [0.15, 0.2) is 64.4 Å². The first-order valence-electron chi connectivity index (χ1n) is 10.0. The zero-order valence-electron chi connectivity index (χ0n) is 17.5. The van der Waals surface area contributed by atoms with E-state index >= 15 is 0 Å². The van der Waals surface area contributed by atoms with Gasteiger partial charge in [0.05, 0.1) is 18.3 Å². The second-order valence-electron chi connectivity index (χ2n) is 7.71. The van der Waals surface area contributed by atoms with Crippen molar-refractivity contribution in [2.75, 3.05) is 0 Å². The van der Waals surface area contributed by atoms with Crippen LogP contribution in [-0.2, 0) is 11.8 Å². The van der Waals surface area contributed by atoms with E-state index in [4.69, 9.17) is 26.9 Å². The van der Waals surface area contributed by atoms with Gasteiger partial charge in [-0.2, -0.15) is 9.67 Å². The Balaban J connectivity index is 1.79. The van der Waals surface area contributed by atoms with Crippen LogP contribution in [0.4, 0.5) is 0 Å². The van der Waals surface area contributed by atoms with Crippen LogP contribution in [0, 0.1) is 6.92 Å². The van der Waals surface area contributed by atoms with Gasteiger partial charge in [0.25, 0.3) is 0 Å². The molecule has 0 bridgehead atoms. The zero-order valence-corrected chi connectivity index (χ0v) is 18.2. The normalized spacial score (nSPS) is 15.0. The Labute approximate surface area is 188 Å². The third-order valence-electron chi connectivity index (χ3n) is 5.43. The average molecular weight is 448 g/mol. The summed E-state index contributed by atoms with van der Waals surface area (Å²) in [6, 6.07) is 12.9. The number of halogens is 1. The highest BCUT2D eigenvalue weighted by atomic mass is 35.5. The van der Waals surface area contributed by atoms with Crippen molar-refractivity contribution in [2.24, 2.45) is 17.8 Å². The van der Waals surface area contributed by atoms with Crippen molar-refractivity contribution in [3.8, 4) is 16.8 Å². The van der Waals surface area contributed by atoms with E-state index in [1.807, 2.05) is 67.3 Å². The molecule has 9 heteroatoms. The molecule has 1 aliphatic rings. The van der Waals surface area contributed by atoms with Gasteiger partial charge in [0.1, 0.15) is 5.69 Å². The first-order chi connectivity index (χ1) is 15.4. The standard InChI is InChI=1S/C23H19ClN6O2/c1-13-28-32-23-19(10-21(25)31)27-22(14-3-6-17(24)7-4-14)18-9-15(5-8-20(18)30(13)23)16-11-26-29(2)12-16/h3-9,11-12,19H,10H2,1-2H3,(H-,25,31)/p+1/t19-/m0/s1. The Hall–Kier alpha value is -3.78. The van der Waals surface area contributed by atoms with Crippen molar-refractivity contribution in [3.63, 3.8) is 0 Å². The number of rotatable bonds is 4. The summed E-state index contributed by atoms with van der Waals surface area (Å²) in [5, 5.41) is 9.04. The lowest BCUT2D eigenvalue weighted by atomic mass is 9.96. The molecule has 1 atom stereocenters. The summed E-state index contributed by atoms with van der Waals surface area (Å²) < 4.78 is 9.27. The van der Waals surface area contributed by atoms with E-state index < -0.39 is 11.9 Å². The molecule has 0 aliphatic carbocycles. The van der Waals surface area contributed by atoms with E-state index in [1.165, 1.54) is 0 Å². The summed E-state index contributed by atoms with van der Waals surface area (Å²) >= 11 is 6.13. The minimum Gasteiger partial charge on any atom is -0.370 e. The molecule has 0 unspecified atom stereocenters. The molecule has 8 nitrogen and oxygen atoms in total. The summed E-state index contributed by atoms with van der Waals surface area (Å²) in [6.07, 6.45) is 3.77. The molecule has 2 aromatic heterocycles. The molecule has 0 radical (unpaired) electrons. The van der Waals surface area contributed by atoms with Crippen LogP contribution in [0.1, 0.15) is 35.3 Å². The number of aliphatic imine (C=N–C) groups is 1. The van der Waals surface area contributed by atoms with E-state index in [9.17, 15) is 4.79 Å². The first kappa shape index (κ1) is 20.1. The van der Waals surface area contributed by atoms with E-state index in [0.717, 1.165) is 27.9 Å². The van der Waals surface area contributed by atoms with Gasteiger partial charge in [-0.25, -0.2) is 4.52 Å². The lowest BCUT2D eigenvalue weighted by Crippen LogP contribution is -2.38. The van der Waals surface area contributed by atoms with Gasteiger partial charge in [-0.1, -0.05) is 23.7 Å². The molecule has 2 N–H and O–H groups in total. The van der Waals surface area contributed by atoms with Crippen LogP contribution >= 0.6 is 11.6 Å². The Morgan fingerprint density at radius 3 is 2.62 bits per heavy atom. The summed E-state index contributed by atoms with van der Waals surface area (Å²) in [5.74, 6) is 0.634. The number of fused-ring (bicyclic) bond motifs is 3. The number of carbonyl (C=O) groups excluding carboxylic acids is 1. The number of nitrogens with zero attached hydrogens (tertiary/aromatic N) is 5. The van der Waals surface area contributed by atoms with Crippen molar-refractivity contribution in [3.05, 3.63) is 82.7 Å². The van der Waals surface area contributed by atoms with Crippen LogP contribution in [0.25, 0.3) is 16.8 Å². The molecule has 0 saturated carbocycles. The van der Waals surface area contributed by atoms with Crippen LogP contribution in [0.5, 0.6) is 0 Å². The van der Waals surface area contributed by atoms with E-state index in [-0.39, 0.29) is 6.42 Å². The topological polar surface area (TPSA) is 103 Å². The predicted molar refractivity (Wildman–Crippen MR) is 119 cm³/mol. The molecule has 0 spiro atoms. The van der Waals surface area contributed by atoms with Crippen LogP contribution in [0.3, 0.4) is 0 Å². The number of primary amides is 1. The van der Waals surface area contributed by atoms with Gasteiger partial charge in [-0.05, 0) is 35.9 Å². The monoisotopic (exact) mass is 447 g/mol. The predicted octanol–water partition coefficient (Wildman–Crippen LogP) is 3.08. The highest BCUT2D eigenvalue weighted by Gasteiger charge is 2.36. The summed E-state index contributed by atoms with van der Waals surface area (Å²) in [4.78, 5) is 16.8. The number of benzene rings is 2. The molecule has 5 rings (SSSR count). The van der Waals surface area contributed by atoms with Crippen molar-refractivity contribution < 1.29 is 13.9 Å². The largest absolute Gasteiger partial charge is 0.370 e. The maximum Gasteiger partial charge on any atom is 0.350 e. The van der Waals surface area contributed by atoms with Gasteiger partial charge in [0.15, 0.2) is 11.2 Å². The number of hydrogen-bond acceptors (Lipinski definition) is 5. The summed E-state index contributed by atoms with van der Waals surface area (Å²) in [6.45, 7) is 1.85. The summed E-state index contributed by atoms with van der Waals surface area (Å²) in [7, 11) is 1.88. The lowest BCUT2D eigenvalue weighted by Gasteiger charge is -2.11. The van der Waals surface area contributed by atoms with E-state index in [0.29, 0.717) is 22.4 Å². The molecule has 0 fully saturated rings. The Morgan fingerprint density at radius 2 is 1.94 bits per heavy atom. The molecule has 160 valence electrons. The van der Waals surface area contributed by atoms with Gasteiger partial charge in [0, 0.05) is 41.9 Å². The van der Waals surface area contributed by atoms with Gasteiger partial charge in [0.2, 0.25) is 5.91 Å². The summed E-state index contributed by atoms with van der Waals surface area (Å²) in [5.41, 5.74) is 10.8. The average Bonchev–Trinajstić information content (AvgIpc) is 3.33. The SMILES string of the molecule is Cc1noc2[n+]1-c1ccc(-c3cnn(C)c3)cc1C(c1ccc(Cl)cc1)=N[C@H]2CC(N)=O. The quantitative estimate of drug-likeness (QED) is 0.485. The van der Waals surface area contributed by atoms with Crippen LogP contribution in [-0.4, -0.2) is 26.6 Å². The number of hydrogen-bond donors (Lipinski definition) is 1. The molecule has 0 saturated heterocycles. The molecular formula is C23H20ClN6O2+. The number of aromatic nitrogens is 4. The number of carbonyl (C=O) groups is 1. The smallest absolute Gasteiger partial charge is 0.350 e. The van der Waals surface area contributed by atoms with Crippen LogP contribution < -0.4 is 10.3 Å². The highest BCUT2D eigenvalue weighted by Crippen LogP contribution is 2.31. The van der Waals surface area contributed by atoms with Gasteiger partial charge < -0.3 is 5.73 Å². The third kappa shape index (κ3) is 3.48. The van der Waals surface area contributed by atoms with Crippen molar-refractivity contribution in [1.29, 1.82) is 0 Å². The minimum absolute atomic E-state index is 0.00479. The second kappa shape index (κ2) is 7.72. The molecule has 3 heterocycles. The molecule has 32 heavy (non-hydrogen) atoms. The fraction of sp³-hybridized carbons (Fsp3) is 0.174. The Morgan fingerprint density at radius 1 is 1.19 bits per heavy atom. The fourth-order valence-corrected chi connectivity index (χ4v) is 4.10. The number of amides is 1. The first-order valence-corrected chi connectivity index (χ1v) is 10.4. The molecule has 1 amide bonds. The Bertz CT molecular complexity index is 1370. The number of aryl methyl sites for hydroxylation is 2. The maximum absolute atomic E-state index is 11.9. The lowest BCUT2D eigenvalue weighted by molar-refractivity contribution is -0.617. The molecular weight excluding hydrogens is 428 g/mol. The molecule has 2 aromatic carbocycles. The number of nitrogens with two attached hydrogens (primary N) is 1. The van der Waals surface area contributed by atoms with Crippen molar-refractivity contribution >= 4 is 23.2 Å². The van der Waals surface area contributed by atoms with Crippen molar-refractivity contribution in [2.45, 2.75) is 19.4 Å². The molecule has 1 aliphatic heterocycles. The molecule has 4 aromatic rings. The van der Waals surface area contributed by atoms with Gasteiger partial charge >= 0.3 is 11.7 Å². The van der Waals surface area contributed by atoms with Crippen molar-refractivity contribution in [1.82, 2.24) is 14.9 Å².